The van der Waals surface area contributed by atoms with Gasteiger partial charge in [-0.05, 0) is 174 Å². The topological polar surface area (TPSA) is 0 Å². The van der Waals surface area contributed by atoms with Crippen molar-refractivity contribution in [3.8, 4) is 66.8 Å². The Morgan fingerprint density at radius 2 is 0.576 bits per heavy atom. The maximum absolute atomic E-state index is 2.44. The Balaban J connectivity index is 1.00. The van der Waals surface area contributed by atoms with Gasteiger partial charge in [-0.15, -0.1) is 0 Å². The van der Waals surface area contributed by atoms with Crippen LogP contribution in [0.25, 0.3) is 131 Å². The Morgan fingerprint density at radius 1 is 0.152 bits per heavy atom. The van der Waals surface area contributed by atoms with Crippen LogP contribution in [0.15, 0.2) is 255 Å². The van der Waals surface area contributed by atoms with E-state index in [1.807, 2.05) is 0 Å². The van der Waals surface area contributed by atoms with Crippen LogP contribution in [0.4, 0.5) is 0 Å². The smallest absolute Gasteiger partial charge is 0.00262 e. The number of fused-ring (bicyclic) bond motifs is 7. The Kier molecular flexibility index (Phi) is 8.96. The minimum Gasteiger partial charge on any atom is -0.0622 e. The summed E-state index contributed by atoms with van der Waals surface area (Å²) in [5.41, 5.74) is 14.7. The molecule has 0 heteroatoms. The predicted octanol–water partition coefficient (Wildman–Crippen LogP) is 18.6. The average molecular weight is 835 g/mol. The second-order valence-corrected chi connectivity index (χ2v) is 17.6. The van der Waals surface area contributed by atoms with Gasteiger partial charge in [-0.3, -0.25) is 0 Å². The summed E-state index contributed by atoms with van der Waals surface area (Å²) in [7, 11) is 0. The molecule has 306 valence electrons. The third-order valence-corrected chi connectivity index (χ3v) is 13.8. The lowest BCUT2D eigenvalue weighted by molar-refractivity contribution is 1.61. The quantitative estimate of drug-likeness (QED) is 0.116. The summed E-state index contributed by atoms with van der Waals surface area (Å²) >= 11 is 0. The lowest BCUT2D eigenvalue weighted by Gasteiger charge is -2.18. The SMILES string of the molecule is c1ccc(-c2cc3ccccc3cc2-c2ccc3c(c2)c(-c2ccc4ccccc4c2)cc2cc(-c4cccc(-c5c6ccccc6c(-c6ccccc6)c6ccccc56)c4)ccc23)cc1. The summed E-state index contributed by atoms with van der Waals surface area (Å²) in [6.45, 7) is 0. The van der Waals surface area contributed by atoms with Crippen molar-refractivity contribution in [1.29, 1.82) is 0 Å². The molecule has 0 fully saturated rings. The van der Waals surface area contributed by atoms with E-state index in [0.717, 1.165) is 0 Å². The third kappa shape index (κ3) is 6.38. The van der Waals surface area contributed by atoms with Crippen molar-refractivity contribution < 1.29 is 0 Å². The standard InChI is InChI=1S/C66H42/c1-3-17-44(18-4-1)61-39-48-22-9-10-23-49(48)40-62(61)52-33-35-56-55-34-32-50(38-54(55)42-63(64(56)41-52)51-31-30-43-16-7-8-21-46(43)36-51)47-24-15-25-53(37-47)66-59-28-13-11-26-57(59)65(45-19-5-2-6-20-45)58-27-12-14-29-60(58)66/h1-42H. The second-order valence-electron chi connectivity index (χ2n) is 17.6. The van der Waals surface area contributed by atoms with Crippen LogP contribution in [0.2, 0.25) is 0 Å². The van der Waals surface area contributed by atoms with E-state index >= 15 is 0 Å². The Bertz CT molecular complexity index is 3970. The molecule has 66 heavy (non-hydrogen) atoms. The molecule has 0 aliphatic rings. The number of benzene rings is 13. The van der Waals surface area contributed by atoms with E-state index in [9.17, 15) is 0 Å². The molecule has 0 nitrogen and oxygen atoms in total. The van der Waals surface area contributed by atoms with Gasteiger partial charge >= 0.3 is 0 Å². The van der Waals surface area contributed by atoms with E-state index in [1.54, 1.807) is 0 Å². The van der Waals surface area contributed by atoms with Crippen LogP contribution in [0.3, 0.4) is 0 Å². The zero-order chi connectivity index (χ0) is 43.6. The largest absolute Gasteiger partial charge is 0.0622 e. The maximum atomic E-state index is 2.44. The van der Waals surface area contributed by atoms with Crippen molar-refractivity contribution in [2.75, 3.05) is 0 Å². The van der Waals surface area contributed by atoms with Crippen molar-refractivity contribution >= 4 is 64.6 Å². The minimum atomic E-state index is 1.20. The Labute approximate surface area is 384 Å². The van der Waals surface area contributed by atoms with E-state index in [-0.39, 0.29) is 0 Å². The molecular weight excluding hydrogens is 793 g/mol. The number of hydrogen-bond acceptors (Lipinski definition) is 0. The van der Waals surface area contributed by atoms with Crippen molar-refractivity contribution in [2.45, 2.75) is 0 Å². The molecule has 0 spiro atoms. The van der Waals surface area contributed by atoms with Gasteiger partial charge in [-0.1, -0.05) is 212 Å². The molecule has 0 N–H and O–H groups in total. The van der Waals surface area contributed by atoms with Crippen LogP contribution < -0.4 is 0 Å². The van der Waals surface area contributed by atoms with Gasteiger partial charge in [0, 0.05) is 0 Å². The van der Waals surface area contributed by atoms with E-state index in [1.165, 1.54) is 131 Å². The molecule has 0 aliphatic carbocycles. The predicted molar refractivity (Wildman–Crippen MR) is 284 cm³/mol. The monoisotopic (exact) mass is 834 g/mol. The highest BCUT2D eigenvalue weighted by atomic mass is 14.2. The molecule has 0 aliphatic heterocycles. The van der Waals surface area contributed by atoms with Gasteiger partial charge in [0.15, 0.2) is 0 Å². The fourth-order valence-corrected chi connectivity index (χ4v) is 10.7. The summed E-state index contributed by atoms with van der Waals surface area (Å²) in [6, 6.07) is 94.3. The first-order valence-electron chi connectivity index (χ1n) is 22.9. The zero-order valence-corrected chi connectivity index (χ0v) is 36.2. The molecule has 13 aromatic carbocycles. The highest BCUT2D eigenvalue weighted by Gasteiger charge is 2.18. The molecule has 0 heterocycles. The average Bonchev–Trinajstić information content (AvgIpc) is 3.39. The van der Waals surface area contributed by atoms with Crippen LogP contribution >= 0.6 is 0 Å². The van der Waals surface area contributed by atoms with Crippen molar-refractivity contribution in [3.63, 3.8) is 0 Å². The van der Waals surface area contributed by atoms with Gasteiger partial charge in [0.1, 0.15) is 0 Å². The first-order chi connectivity index (χ1) is 32.7. The molecule has 0 bridgehead atoms. The molecule has 13 rings (SSSR count). The zero-order valence-electron chi connectivity index (χ0n) is 36.2. The van der Waals surface area contributed by atoms with E-state index in [4.69, 9.17) is 0 Å². The summed E-state index contributed by atoms with van der Waals surface area (Å²) in [4.78, 5) is 0. The molecule has 13 aromatic rings. The summed E-state index contributed by atoms with van der Waals surface area (Å²) in [6.07, 6.45) is 0. The number of rotatable bonds is 6. The summed E-state index contributed by atoms with van der Waals surface area (Å²) in [5, 5.41) is 15.0. The molecular formula is C66H42. The first-order valence-corrected chi connectivity index (χ1v) is 22.9. The summed E-state index contributed by atoms with van der Waals surface area (Å²) < 4.78 is 0. The molecule has 0 aromatic heterocycles. The van der Waals surface area contributed by atoms with Gasteiger partial charge in [-0.25, -0.2) is 0 Å². The van der Waals surface area contributed by atoms with E-state index in [2.05, 4.69) is 255 Å². The maximum Gasteiger partial charge on any atom is -0.00262 e. The minimum absolute atomic E-state index is 1.20. The van der Waals surface area contributed by atoms with Gasteiger partial charge in [0.2, 0.25) is 0 Å². The fourth-order valence-electron chi connectivity index (χ4n) is 10.7. The van der Waals surface area contributed by atoms with Gasteiger partial charge < -0.3 is 0 Å². The Hall–Kier alpha value is -8.58. The van der Waals surface area contributed by atoms with Crippen LogP contribution in [0.5, 0.6) is 0 Å². The molecule has 0 saturated carbocycles. The Morgan fingerprint density at radius 3 is 1.24 bits per heavy atom. The van der Waals surface area contributed by atoms with E-state index < -0.39 is 0 Å². The lowest BCUT2D eigenvalue weighted by Crippen LogP contribution is -1.91. The molecule has 0 atom stereocenters. The highest BCUT2D eigenvalue weighted by Crippen LogP contribution is 2.46. The molecule has 0 amide bonds. The lowest BCUT2D eigenvalue weighted by atomic mass is 9.85. The highest BCUT2D eigenvalue weighted by molar-refractivity contribution is 6.22. The van der Waals surface area contributed by atoms with Gasteiger partial charge in [-0.2, -0.15) is 0 Å². The van der Waals surface area contributed by atoms with Crippen LogP contribution in [0, 0.1) is 0 Å². The van der Waals surface area contributed by atoms with Crippen molar-refractivity contribution in [3.05, 3.63) is 255 Å². The second kappa shape index (κ2) is 15.6. The summed E-state index contributed by atoms with van der Waals surface area (Å²) in [5.74, 6) is 0. The van der Waals surface area contributed by atoms with Gasteiger partial charge in [0.25, 0.3) is 0 Å². The third-order valence-electron chi connectivity index (χ3n) is 13.8. The van der Waals surface area contributed by atoms with Crippen LogP contribution in [-0.4, -0.2) is 0 Å². The van der Waals surface area contributed by atoms with Gasteiger partial charge in [0.05, 0.1) is 0 Å². The normalized spacial score (nSPS) is 11.6. The molecule has 0 saturated heterocycles. The number of hydrogen-bond donors (Lipinski definition) is 0. The van der Waals surface area contributed by atoms with Crippen LogP contribution in [-0.2, 0) is 0 Å². The van der Waals surface area contributed by atoms with E-state index in [0.29, 0.717) is 0 Å². The molecule has 0 unspecified atom stereocenters. The first kappa shape index (κ1) is 37.9. The van der Waals surface area contributed by atoms with Crippen LogP contribution in [0.1, 0.15) is 0 Å². The van der Waals surface area contributed by atoms with Crippen molar-refractivity contribution in [1.82, 2.24) is 0 Å². The fraction of sp³-hybridized carbons (Fsp3) is 0. The molecule has 0 radical (unpaired) electrons. The van der Waals surface area contributed by atoms with Crippen molar-refractivity contribution in [2.24, 2.45) is 0 Å².